The van der Waals surface area contributed by atoms with Gasteiger partial charge in [-0.15, -0.1) is 11.3 Å². The zero-order valence-electron chi connectivity index (χ0n) is 17.8. The summed E-state index contributed by atoms with van der Waals surface area (Å²) in [7, 11) is 0. The highest BCUT2D eigenvalue weighted by Gasteiger charge is 2.27. The molecule has 1 aromatic heterocycles. The SMILES string of the molecule is CCOC(=O)c1ccc(NC(=S)N2CCN(C(=O)c3sc4cc(Cl)ccc4c3Cl)CC2)cc1. The van der Waals surface area contributed by atoms with Gasteiger partial charge in [0, 0.05) is 47.0 Å². The molecule has 1 fully saturated rings. The first-order valence-electron chi connectivity index (χ1n) is 10.4. The van der Waals surface area contributed by atoms with Crippen molar-refractivity contribution in [3.05, 3.63) is 63.0 Å². The standard InChI is InChI=1S/C23H21Cl2N3O3S2/c1-2-31-22(30)14-3-6-16(7-4-14)26-23(32)28-11-9-27(10-12-28)21(29)20-19(25)17-8-5-15(24)13-18(17)33-20/h3-8,13H,2,9-12H2,1H3,(H,26,32). The van der Waals surface area contributed by atoms with Gasteiger partial charge in [-0.25, -0.2) is 4.79 Å². The summed E-state index contributed by atoms with van der Waals surface area (Å²) in [5.41, 5.74) is 1.27. The molecule has 0 unspecified atom stereocenters. The molecule has 33 heavy (non-hydrogen) atoms. The lowest BCUT2D eigenvalue weighted by molar-refractivity contribution is 0.0526. The summed E-state index contributed by atoms with van der Waals surface area (Å²) in [4.78, 5) is 29.2. The maximum absolute atomic E-state index is 13.1. The van der Waals surface area contributed by atoms with E-state index in [2.05, 4.69) is 5.32 Å². The summed E-state index contributed by atoms with van der Waals surface area (Å²) >= 11 is 19.5. The predicted molar refractivity (Wildman–Crippen MR) is 138 cm³/mol. The Balaban J connectivity index is 1.35. The maximum atomic E-state index is 13.1. The van der Waals surface area contributed by atoms with E-state index in [4.69, 9.17) is 40.2 Å². The smallest absolute Gasteiger partial charge is 0.338 e. The van der Waals surface area contributed by atoms with Crippen LogP contribution in [0.15, 0.2) is 42.5 Å². The van der Waals surface area contributed by atoms with Gasteiger partial charge in [0.05, 0.1) is 17.2 Å². The van der Waals surface area contributed by atoms with Crippen LogP contribution in [0.2, 0.25) is 10.0 Å². The van der Waals surface area contributed by atoms with Crippen molar-refractivity contribution in [1.82, 2.24) is 9.80 Å². The summed E-state index contributed by atoms with van der Waals surface area (Å²) in [5.74, 6) is -0.431. The molecule has 1 saturated heterocycles. The highest BCUT2D eigenvalue weighted by molar-refractivity contribution is 7.80. The largest absolute Gasteiger partial charge is 0.462 e. The second-order valence-electron chi connectivity index (χ2n) is 7.39. The molecule has 0 bridgehead atoms. The molecular weight excluding hydrogens is 501 g/mol. The number of carbonyl (C=O) groups is 2. The van der Waals surface area contributed by atoms with E-state index in [0.29, 0.717) is 58.4 Å². The monoisotopic (exact) mass is 521 g/mol. The van der Waals surface area contributed by atoms with E-state index in [0.717, 1.165) is 15.8 Å². The zero-order chi connectivity index (χ0) is 23.5. The lowest BCUT2D eigenvalue weighted by Crippen LogP contribution is -2.51. The first kappa shape index (κ1) is 23.8. The molecule has 0 aliphatic carbocycles. The Hall–Kier alpha value is -2.39. The van der Waals surface area contributed by atoms with Crippen LogP contribution in [-0.4, -0.2) is 59.6 Å². The fourth-order valence-electron chi connectivity index (χ4n) is 3.54. The molecule has 2 heterocycles. The first-order chi connectivity index (χ1) is 15.9. The van der Waals surface area contributed by atoms with Gasteiger partial charge in [0.2, 0.25) is 0 Å². The van der Waals surface area contributed by atoms with Gasteiger partial charge in [-0.3, -0.25) is 4.79 Å². The van der Waals surface area contributed by atoms with Crippen LogP contribution in [0.25, 0.3) is 10.1 Å². The number of anilines is 1. The van der Waals surface area contributed by atoms with Gasteiger partial charge < -0.3 is 19.9 Å². The van der Waals surface area contributed by atoms with Crippen molar-refractivity contribution in [3.8, 4) is 0 Å². The van der Waals surface area contributed by atoms with Crippen LogP contribution in [0.3, 0.4) is 0 Å². The number of hydrogen-bond acceptors (Lipinski definition) is 5. The predicted octanol–water partition coefficient (Wildman–Crippen LogP) is 5.54. The lowest BCUT2D eigenvalue weighted by atomic mass is 10.2. The van der Waals surface area contributed by atoms with E-state index in [-0.39, 0.29) is 11.9 Å². The molecule has 6 nitrogen and oxygen atoms in total. The van der Waals surface area contributed by atoms with E-state index in [9.17, 15) is 9.59 Å². The number of piperazine rings is 1. The summed E-state index contributed by atoms with van der Waals surface area (Å²) in [6.07, 6.45) is 0. The van der Waals surface area contributed by atoms with E-state index >= 15 is 0 Å². The van der Waals surface area contributed by atoms with Crippen LogP contribution in [0.1, 0.15) is 27.0 Å². The molecule has 0 spiro atoms. The number of nitrogens with zero attached hydrogens (tertiary/aromatic N) is 2. The Labute approximate surface area is 211 Å². The molecule has 0 atom stereocenters. The average molecular weight is 522 g/mol. The molecule has 1 N–H and O–H groups in total. The summed E-state index contributed by atoms with van der Waals surface area (Å²) in [6, 6.07) is 12.4. The van der Waals surface area contributed by atoms with E-state index in [1.807, 2.05) is 17.0 Å². The fraction of sp³-hybridized carbons (Fsp3) is 0.261. The third kappa shape index (κ3) is 5.24. The van der Waals surface area contributed by atoms with Crippen molar-refractivity contribution < 1.29 is 14.3 Å². The number of thiophene rings is 1. The first-order valence-corrected chi connectivity index (χ1v) is 12.4. The topological polar surface area (TPSA) is 61.9 Å². The number of rotatable bonds is 4. The minimum Gasteiger partial charge on any atom is -0.462 e. The van der Waals surface area contributed by atoms with Gasteiger partial charge in [0.1, 0.15) is 4.88 Å². The van der Waals surface area contributed by atoms with Crippen molar-refractivity contribution in [2.45, 2.75) is 6.92 Å². The van der Waals surface area contributed by atoms with Crippen LogP contribution in [0.5, 0.6) is 0 Å². The highest BCUT2D eigenvalue weighted by atomic mass is 35.5. The number of ether oxygens (including phenoxy) is 1. The average Bonchev–Trinajstić information content (AvgIpc) is 3.14. The number of hydrogen-bond donors (Lipinski definition) is 1. The Bertz CT molecular complexity index is 1210. The fourth-order valence-corrected chi connectivity index (χ4v) is 5.60. The minimum atomic E-state index is -0.353. The van der Waals surface area contributed by atoms with E-state index < -0.39 is 0 Å². The van der Waals surface area contributed by atoms with Crippen molar-refractivity contribution in [2.24, 2.45) is 0 Å². The molecule has 2 aromatic carbocycles. The minimum absolute atomic E-state index is 0.0783. The number of nitrogens with one attached hydrogen (secondary N) is 1. The Kier molecular flexibility index (Phi) is 7.38. The van der Waals surface area contributed by atoms with Crippen LogP contribution >= 0.6 is 46.8 Å². The Morgan fingerprint density at radius 3 is 2.39 bits per heavy atom. The highest BCUT2D eigenvalue weighted by Crippen LogP contribution is 2.37. The van der Waals surface area contributed by atoms with E-state index in [1.165, 1.54) is 11.3 Å². The van der Waals surface area contributed by atoms with Gasteiger partial charge in [0.15, 0.2) is 5.11 Å². The molecule has 3 aromatic rings. The molecule has 1 aliphatic rings. The number of benzene rings is 2. The third-order valence-corrected chi connectivity index (χ3v) is 7.53. The molecular formula is C23H21Cl2N3O3S2. The van der Waals surface area contributed by atoms with Crippen molar-refractivity contribution >= 4 is 79.5 Å². The van der Waals surface area contributed by atoms with Crippen molar-refractivity contribution in [1.29, 1.82) is 0 Å². The molecule has 0 saturated carbocycles. The molecule has 4 rings (SSSR count). The molecule has 0 radical (unpaired) electrons. The molecule has 1 aliphatic heterocycles. The molecule has 172 valence electrons. The maximum Gasteiger partial charge on any atom is 0.338 e. The quantitative estimate of drug-likeness (QED) is 0.359. The summed E-state index contributed by atoms with van der Waals surface area (Å²) < 4.78 is 5.89. The van der Waals surface area contributed by atoms with Gasteiger partial charge >= 0.3 is 5.97 Å². The number of carbonyl (C=O) groups excluding carboxylic acids is 2. The number of halogens is 2. The Morgan fingerprint density at radius 2 is 1.73 bits per heavy atom. The number of amides is 1. The van der Waals surface area contributed by atoms with Gasteiger partial charge in [-0.05, 0) is 55.5 Å². The van der Waals surface area contributed by atoms with Crippen molar-refractivity contribution in [2.75, 3.05) is 38.1 Å². The van der Waals surface area contributed by atoms with E-state index in [1.54, 1.807) is 42.2 Å². The summed E-state index contributed by atoms with van der Waals surface area (Å²) in [6.45, 7) is 4.38. The number of thiocarbonyl (C=S) groups is 1. The normalized spacial score (nSPS) is 13.8. The van der Waals surface area contributed by atoms with Crippen LogP contribution in [0.4, 0.5) is 5.69 Å². The second kappa shape index (κ2) is 10.3. The lowest BCUT2D eigenvalue weighted by Gasteiger charge is -2.36. The zero-order valence-corrected chi connectivity index (χ0v) is 20.9. The molecule has 10 heteroatoms. The van der Waals surface area contributed by atoms with Crippen molar-refractivity contribution in [3.63, 3.8) is 0 Å². The van der Waals surface area contributed by atoms with Crippen LogP contribution < -0.4 is 5.32 Å². The van der Waals surface area contributed by atoms with Gasteiger partial charge in [0.25, 0.3) is 5.91 Å². The number of fused-ring (bicyclic) bond motifs is 1. The number of esters is 1. The molecule has 1 amide bonds. The third-order valence-electron chi connectivity index (χ3n) is 5.29. The van der Waals surface area contributed by atoms with Crippen LogP contribution in [0, 0.1) is 0 Å². The van der Waals surface area contributed by atoms with Crippen LogP contribution in [-0.2, 0) is 4.74 Å². The van der Waals surface area contributed by atoms with Gasteiger partial charge in [-0.1, -0.05) is 29.3 Å². The Morgan fingerprint density at radius 1 is 1.06 bits per heavy atom. The van der Waals surface area contributed by atoms with Gasteiger partial charge in [-0.2, -0.15) is 0 Å². The second-order valence-corrected chi connectivity index (χ2v) is 9.65. The summed E-state index contributed by atoms with van der Waals surface area (Å²) in [5, 5.41) is 5.69.